The van der Waals surface area contributed by atoms with Crippen LogP contribution in [0.4, 0.5) is 0 Å². The van der Waals surface area contributed by atoms with Crippen LogP contribution in [0.5, 0.6) is 0 Å². The number of halogens is 2. The van der Waals surface area contributed by atoms with Crippen molar-refractivity contribution in [1.82, 2.24) is 0 Å². The molecule has 1 unspecified atom stereocenters. The molecule has 2 rings (SSSR count). The molecule has 1 aromatic carbocycles. The fourth-order valence-electron chi connectivity index (χ4n) is 2.45. The molecule has 0 aromatic heterocycles. The molecule has 3 heteroatoms. The van der Waals surface area contributed by atoms with Gasteiger partial charge in [0.15, 0.2) is 0 Å². The van der Waals surface area contributed by atoms with Gasteiger partial charge in [0.2, 0.25) is 0 Å². The van der Waals surface area contributed by atoms with Crippen molar-refractivity contribution in [2.45, 2.75) is 44.6 Å². The Kier molecular flexibility index (Phi) is 5.70. The normalized spacial score (nSPS) is 21.6. The zero-order valence-electron chi connectivity index (χ0n) is 10.5. The van der Waals surface area contributed by atoms with E-state index in [4.69, 9.17) is 5.73 Å². The van der Waals surface area contributed by atoms with E-state index in [1.54, 1.807) is 0 Å². The van der Waals surface area contributed by atoms with E-state index in [-0.39, 0.29) is 6.04 Å². The highest BCUT2D eigenvalue weighted by atomic mass is 127. The van der Waals surface area contributed by atoms with E-state index in [0.717, 1.165) is 10.9 Å². The highest BCUT2D eigenvalue weighted by molar-refractivity contribution is 14.1. The lowest BCUT2D eigenvalue weighted by Gasteiger charge is -2.20. The van der Waals surface area contributed by atoms with Crippen LogP contribution in [0.15, 0.2) is 34.3 Å². The van der Waals surface area contributed by atoms with Crippen LogP contribution >= 0.6 is 38.5 Å². The van der Waals surface area contributed by atoms with E-state index < -0.39 is 0 Å². The molecule has 1 aliphatic carbocycles. The van der Waals surface area contributed by atoms with E-state index in [2.05, 4.69) is 62.8 Å². The predicted octanol–water partition coefficient (Wildman–Crippen LogP) is 5.33. The van der Waals surface area contributed by atoms with E-state index >= 15 is 0 Å². The number of benzene rings is 1. The molecular formula is C15H19BrIN. The molecule has 0 spiro atoms. The molecular weight excluding hydrogens is 401 g/mol. The third-order valence-corrected chi connectivity index (χ3v) is 4.99. The molecule has 0 radical (unpaired) electrons. The fraction of sp³-hybridized carbons (Fsp3) is 0.467. The minimum atomic E-state index is 0.0625. The summed E-state index contributed by atoms with van der Waals surface area (Å²) in [7, 11) is 0. The van der Waals surface area contributed by atoms with Crippen LogP contribution < -0.4 is 5.73 Å². The van der Waals surface area contributed by atoms with Crippen molar-refractivity contribution < 1.29 is 0 Å². The molecule has 1 aliphatic rings. The standard InChI is InChI=1S/C15H19BrIN/c16-12-8-9-14(17)13(10-12)15(18)11-6-4-2-1-3-5-7-11/h6,8-10,15H,1-5,7,18H2/b11-6+. The number of allylic oxidation sites excluding steroid dienone is 1. The highest BCUT2D eigenvalue weighted by Crippen LogP contribution is 2.31. The summed E-state index contributed by atoms with van der Waals surface area (Å²) < 4.78 is 2.37. The van der Waals surface area contributed by atoms with Gasteiger partial charge in [-0.25, -0.2) is 0 Å². The topological polar surface area (TPSA) is 26.0 Å². The van der Waals surface area contributed by atoms with Gasteiger partial charge >= 0.3 is 0 Å². The molecule has 0 bridgehead atoms. The number of hydrogen-bond donors (Lipinski definition) is 1. The van der Waals surface area contributed by atoms with Gasteiger partial charge in [0.25, 0.3) is 0 Å². The van der Waals surface area contributed by atoms with E-state index in [0.29, 0.717) is 0 Å². The van der Waals surface area contributed by atoms with Gasteiger partial charge in [0.05, 0.1) is 6.04 Å². The van der Waals surface area contributed by atoms with Crippen LogP contribution in [0.2, 0.25) is 0 Å². The second kappa shape index (κ2) is 7.06. The van der Waals surface area contributed by atoms with E-state index in [9.17, 15) is 0 Å². The molecule has 2 N–H and O–H groups in total. The van der Waals surface area contributed by atoms with Crippen LogP contribution in [0, 0.1) is 3.57 Å². The zero-order chi connectivity index (χ0) is 13.0. The lowest BCUT2D eigenvalue weighted by molar-refractivity contribution is 0.602. The number of rotatable bonds is 2. The lowest BCUT2D eigenvalue weighted by atomic mass is 9.91. The zero-order valence-corrected chi connectivity index (χ0v) is 14.2. The van der Waals surface area contributed by atoms with Crippen LogP contribution in [-0.4, -0.2) is 0 Å². The van der Waals surface area contributed by atoms with Crippen LogP contribution in [-0.2, 0) is 0 Å². The molecule has 1 atom stereocenters. The maximum Gasteiger partial charge on any atom is 0.0521 e. The summed E-state index contributed by atoms with van der Waals surface area (Å²) in [6.07, 6.45) is 10.0. The van der Waals surface area contributed by atoms with Crippen LogP contribution in [0.25, 0.3) is 0 Å². The molecule has 0 heterocycles. The van der Waals surface area contributed by atoms with Crippen molar-refractivity contribution in [3.05, 3.63) is 43.5 Å². The van der Waals surface area contributed by atoms with Gasteiger partial charge in [-0.05, 0) is 72.0 Å². The van der Waals surface area contributed by atoms with Crippen LogP contribution in [0.3, 0.4) is 0 Å². The second-order valence-corrected chi connectivity index (χ2v) is 6.95. The molecule has 0 fully saturated rings. The van der Waals surface area contributed by atoms with Gasteiger partial charge in [0, 0.05) is 8.04 Å². The van der Waals surface area contributed by atoms with Gasteiger partial charge in [-0.1, -0.05) is 40.4 Å². The summed E-state index contributed by atoms with van der Waals surface area (Å²) in [6, 6.07) is 6.42. The summed E-state index contributed by atoms with van der Waals surface area (Å²) in [5.41, 5.74) is 9.13. The summed E-state index contributed by atoms with van der Waals surface area (Å²) in [5, 5.41) is 0. The third-order valence-electron chi connectivity index (χ3n) is 3.52. The van der Waals surface area contributed by atoms with Gasteiger partial charge in [-0.15, -0.1) is 0 Å². The SMILES string of the molecule is NC(/C1=C/CCCCCC1)c1cc(Br)ccc1I. The molecule has 1 nitrogen and oxygen atoms in total. The number of nitrogens with two attached hydrogens (primary N) is 1. The summed E-state index contributed by atoms with van der Waals surface area (Å²) in [4.78, 5) is 0. The van der Waals surface area contributed by atoms with E-state index in [1.165, 1.54) is 46.8 Å². The Labute approximate surface area is 131 Å². The Morgan fingerprint density at radius 1 is 1.17 bits per heavy atom. The van der Waals surface area contributed by atoms with Crippen molar-refractivity contribution >= 4 is 38.5 Å². The lowest BCUT2D eigenvalue weighted by Crippen LogP contribution is -2.15. The predicted molar refractivity (Wildman–Crippen MR) is 89.6 cm³/mol. The molecule has 0 aliphatic heterocycles. The van der Waals surface area contributed by atoms with Crippen molar-refractivity contribution in [1.29, 1.82) is 0 Å². The molecule has 98 valence electrons. The van der Waals surface area contributed by atoms with Crippen molar-refractivity contribution in [2.75, 3.05) is 0 Å². The van der Waals surface area contributed by atoms with Crippen molar-refractivity contribution in [2.24, 2.45) is 5.73 Å². The second-order valence-electron chi connectivity index (χ2n) is 4.88. The summed E-state index contributed by atoms with van der Waals surface area (Å²) >= 11 is 5.92. The monoisotopic (exact) mass is 419 g/mol. The van der Waals surface area contributed by atoms with Crippen LogP contribution in [0.1, 0.15) is 50.1 Å². The van der Waals surface area contributed by atoms with Gasteiger partial charge in [0.1, 0.15) is 0 Å². The summed E-state index contributed by atoms with van der Waals surface area (Å²) in [6.45, 7) is 0. The maximum absolute atomic E-state index is 6.47. The largest absolute Gasteiger partial charge is 0.321 e. The van der Waals surface area contributed by atoms with Gasteiger partial charge < -0.3 is 5.73 Å². The minimum absolute atomic E-state index is 0.0625. The smallest absolute Gasteiger partial charge is 0.0521 e. The van der Waals surface area contributed by atoms with Crippen molar-refractivity contribution in [3.63, 3.8) is 0 Å². The first-order valence-electron chi connectivity index (χ1n) is 6.58. The Balaban J connectivity index is 2.23. The minimum Gasteiger partial charge on any atom is -0.321 e. The first kappa shape index (κ1) is 14.5. The molecule has 1 aromatic rings. The Morgan fingerprint density at radius 2 is 1.94 bits per heavy atom. The Morgan fingerprint density at radius 3 is 2.78 bits per heavy atom. The highest BCUT2D eigenvalue weighted by Gasteiger charge is 2.15. The quantitative estimate of drug-likeness (QED) is 0.508. The molecule has 0 amide bonds. The third kappa shape index (κ3) is 3.81. The maximum atomic E-state index is 6.47. The number of hydrogen-bond acceptors (Lipinski definition) is 1. The molecule has 0 saturated carbocycles. The molecule has 0 saturated heterocycles. The summed E-state index contributed by atoms with van der Waals surface area (Å²) in [5.74, 6) is 0. The van der Waals surface area contributed by atoms with Gasteiger partial charge in [-0.2, -0.15) is 0 Å². The first-order valence-corrected chi connectivity index (χ1v) is 8.45. The van der Waals surface area contributed by atoms with Gasteiger partial charge in [-0.3, -0.25) is 0 Å². The fourth-order valence-corrected chi connectivity index (χ4v) is 3.50. The average molecular weight is 420 g/mol. The Bertz CT molecular complexity index is 442. The average Bonchev–Trinajstić information content (AvgIpc) is 2.31. The van der Waals surface area contributed by atoms with E-state index in [1.807, 2.05) is 0 Å². The molecule has 18 heavy (non-hydrogen) atoms. The Hall–Kier alpha value is 0.130. The first-order chi connectivity index (χ1) is 8.68. The van der Waals surface area contributed by atoms with Crippen molar-refractivity contribution in [3.8, 4) is 0 Å².